The maximum atomic E-state index is 6.03. The second-order valence-electron chi connectivity index (χ2n) is 4.77. The largest absolute Gasteiger partial charge is 0.296 e. The number of rotatable bonds is 2. The zero-order valence-electron chi connectivity index (χ0n) is 9.71. The number of halogens is 2. The Bertz CT molecular complexity index is 358. The average molecular weight is 258 g/mol. The molecule has 1 aliphatic rings. The Labute approximate surface area is 107 Å². The van der Waals surface area contributed by atoms with Crippen molar-refractivity contribution in [2.24, 2.45) is 5.92 Å². The molecule has 0 saturated carbocycles. The second kappa shape index (κ2) is 4.95. The van der Waals surface area contributed by atoms with Crippen molar-refractivity contribution in [3.8, 4) is 0 Å². The van der Waals surface area contributed by atoms with Crippen molar-refractivity contribution in [2.45, 2.75) is 26.3 Å². The third kappa shape index (κ3) is 2.71. The lowest BCUT2D eigenvalue weighted by Crippen LogP contribution is -2.24. The van der Waals surface area contributed by atoms with Crippen molar-refractivity contribution in [3.05, 3.63) is 33.8 Å². The Kier molecular flexibility index (Phi) is 3.78. The molecule has 2 atom stereocenters. The van der Waals surface area contributed by atoms with Crippen LogP contribution in [0.1, 0.15) is 31.9 Å². The minimum absolute atomic E-state index is 0.404. The van der Waals surface area contributed by atoms with Gasteiger partial charge in [0.25, 0.3) is 0 Å². The normalized spacial score (nSPS) is 23.6. The molecule has 1 aliphatic heterocycles. The maximum Gasteiger partial charge on any atom is 0.0424 e. The fourth-order valence-electron chi connectivity index (χ4n) is 2.35. The molecule has 0 bridgehead atoms. The van der Waals surface area contributed by atoms with Crippen LogP contribution in [0.3, 0.4) is 0 Å². The first-order valence-corrected chi connectivity index (χ1v) is 6.52. The van der Waals surface area contributed by atoms with Gasteiger partial charge in [0.15, 0.2) is 0 Å². The lowest BCUT2D eigenvalue weighted by molar-refractivity contribution is 0.255. The van der Waals surface area contributed by atoms with Gasteiger partial charge in [0.05, 0.1) is 0 Å². The summed E-state index contributed by atoms with van der Waals surface area (Å²) in [5, 5.41) is 1.45. The smallest absolute Gasteiger partial charge is 0.0424 e. The van der Waals surface area contributed by atoms with Crippen LogP contribution in [0.4, 0.5) is 0 Å². The summed E-state index contributed by atoms with van der Waals surface area (Å²) in [6.07, 6.45) is 1.29. The Balaban J connectivity index is 2.17. The van der Waals surface area contributed by atoms with Crippen LogP contribution in [0.5, 0.6) is 0 Å². The van der Waals surface area contributed by atoms with E-state index in [4.69, 9.17) is 23.2 Å². The lowest BCUT2D eigenvalue weighted by atomic mass is 10.1. The van der Waals surface area contributed by atoms with Gasteiger partial charge in [-0.2, -0.15) is 0 Å². The first-order valence-electron chi connectivity index (χ1n) is 5.76. The molecule has 1 nitrogen and oxygen atoms in total. The minimum Gasteiger partial charge on any atom is -0.296 e. The quantitative estimate of drug-likeness (QED) is 0.760. The summed E-state index contributed by atoms with van der Waals surface area (Å²) in [4.78, 5) is 2.49. The van der Waals surface area contributed by atoms with Crippen LogP contribution in [-0.4, -0.2) is 18.0 Å². The molecular weight excluding hydrogens is 241 g/mol. The van der Waals surface area contributed by atoms with E-state index in [2.05, 4.69) is 18.7 Å². The first-order chi connectivity index (χ1) is 7.56. The van der Waals surface area contributed by atoms with Crippen LogP contribution in [0.2, 0.25) is 10.0 Å². The number of hydrogen-bond acceptors (Lipinski definition) is 1. The summed E-state index contributed by atoms with van der Waals surface area (Å²) in [7, 11) is 0. The summed E-state index contributed by atoms with van der Waals surface area (Å²) in [6, 6.07) is 6.22. The highest BCUT2D eigenvalue weighted by Crippen LogP contribution is 2.30. The first kappa shape index (κ1) is 12.2. The van der Waals surface area contributed by atoms with Crippen molar-refractivity contribution >= 4 is 23.2 Å². The highest BCUT2D eigenvalue weighted by molar-refractivity contribution is 6.34. The molecule has 0 radical (unpaired) electrons. The van der Waals surface area contributed by atoms with Gasteiger partial charge in [-0.3, -0.25) is 4.90 Å². The van der Waals surface area contributed by atoms with E-state index < -0.39 is 0 Å². The highest BCUT2D eigenvalue weighted by atomic mass is 35.5. The summed E-state index contributed by atoms with van der Waals surface area (Å²) in [6.45, 7) is 6.87. The van der Waals surface area contributed by atoms with Gasteiger partial charge in [0.1, 0.15) is 0 Å². The monoisotopic (exact) mass is 257 g/mol. The van der Waals surface area contributed by atoms with Crippen LogP contribution in [0, 0.1) is 5.92 Å². The molecule has 1 fully saturated rings. The molecule has 2 unspecified atom stereocenters. The van der Waals surface area contributed by atoms with Crippen LogP contribution in [0.25, 0.3) is 0 Å². The third-order valence-electron chi connectivity index (χ3n) is 3.37. The predicted molar refractivity (Wildman–Crippen MR) is 70.2 cm³/mol. The van der Waals surface area contributed by atoms with Gasteiger partial charge in [0.2, 0.25) is 0 Å². The van der Waals surface area contributed by atoms with Crippen LogP contribution < -0.4 is 0 Å². The molecule has 0 N–H and O–H groups in total. The summed E-state index contributed by atoms with van der Waals surface area (Å²) >= 11 is 12.1. The Morgan fingerprint density at radius 2 is 1.88 bits per heavy atom. The molecule has 0 aliphatic carbocycles. The van der Waals surface area contributed by atoms with Gasteiger partial charge in [-0.1, -0.05) is 30.1 Å². The van der Waals surface area contributed by atoms with E-state index >= 15 is 0 Å². The molecule has 1 heterocycles. The molecule has 88 valence electrons. The van der Waals surface area contributed by atoms with E-state index in [1.807, 2.05) is 12.1 Å². The summed E-state index contributed by atoms with van der Waals surface area (Å²) in [5.41, 5.74) is 1.21. The number of likely N-dealkylation sites (tertiary alicyclic amines) is 1. The zero-order valence-corrected chi connectivity index (χ0v) is 11.2. The molecule has 1 aromatic rings. The van der Waals surface area contributed by atoms with Gasteiger partial charge in [0, 0.05) is 22.6 Å². The molecule has 0 aromatic heterocycles. The number of nitrogens with zero attached hydrogens (tertiary/aromatic N) is 1. The van der Waals surface area contributed by atoms with E-state index in [0.717, 1.165) is 16.0 Å². The fourth-order valence-corrected chi connectivity index (χ4v) is 2.89. The summed E-state index contributed by atoms with van der Waals surface area (Å²) in [5.74, 6) is 0.803. The molecule has 1 saturated heterocycles. The van der Waals surface area contributed by atoms with Gasteiger partial charge < -0.3 is 0 Å². The predicted octanol–water partition coefficient (Wildman–Crippen LogP) is 4.40. The molecule has 1 aromatic carbocycles. The van der Waals surface area contributed by atoms with Crippen LogP contribution in [-0.2, 0) is 0 Å². The standard InChI is InChI=1S/C13H17Cl2N/c1-9-3-4-16(8-9)10(2)11-5-12(14)7-13(15)6-11/h5-7,9-10H,3-4,8H2,1-2H3. The van der Waals surface area contributed by atoms with Gasteiger partial charge in [-0.05, 0) is 49.6 Å². The maximum absolute atomic E-state index is 6.03. The zero-order chi connectivity index (χ0) is 11.7. The minimum atomic E-state index is 0.404. The second-order valence-corrected chi connectivity index (χ2v) is 5.64. The number of benzene rings is 1. The van der Waals surface area contributed by atoms with Gasteiger partial charge >= 0.3 is 0 Å². The molecule has 0 spiro atoms. The van der Waals surface area contributed by atoms with E-state index in [1.165, 1.54) is 25.1 Å². The van der Waals surface area contributed by atoms with E-state index in [0.29, 0.717) is 6.04 Å². The van der Waals surface area contributed by atoms with Crippen molar-refractivity contribution < 1.29 is 0 Å². The van der Waals surface area contributed by atoms with Gasteiger partial charge in [-0.15, -0.1) is 0 Å². The van der Waals surface area contributed by atoms with Gasteiger partial charge in [-0.25, -0.2) is 0 Å². The molecule has 3 heteroatoms. The number of hydrogen-bond donors (Lipinski definition) is 0. The molecular formula is C13H17Cl2N. The third-order valence-corrected chi connectivity index (χ3v) is 3.81. The Morgan fingerprint density at radius 1 is 1.25 bits per heavy atom. The Morgan fingerprint density at radius 3 is 2.38 bits per heavy atom. The van der Waals surface area contributed by atoms with Crippen LogP contribution in [0.15, 0.2) is 18.2 Å². The van der Waals surface area contributed by atoms with Crippen molar-refractivity contribution in [1.82, 2.24) is 4.90 Å². The van der Waals surface area contributed by atoms with E-state index in [1.54, 1.807) is 6.07 Å². The Hall–Kier alpha value is -0.240. The SMILES string of the molecule is CC1CCN(C(C)c2cc(Cl)cc(Cl)c2)C1. The molecule has 16 heavy (non-hydrogen) atoms. The van der Waals surface area contributed by atoms with Crippen LogP contribution >= 0.6 is 23.2 Å². The summed E-state index contributed by atoms with van der Waals surface area (Å²) < 4.78 is 0. The molecule has 2 rings (SSSR count). The molecule has 0 amide bonds. The van der Waals surface area contributed by atoms with E-state index in [9.17, 15) is 0 Å². The van der Waals surface area contributed by atoms with Crippen molar-refractivity contribution in [3.63, 3.8) is 0 Å². The topological polar surface area (TPSA) is 3.24 Å². The van der Waals surface area contributed by atoms with Crippen molar-refractivity contribution in [1.29, 1.82) is 0 Å². The lowest BCUT2D eigenvalue weighted by Gasteiger charge is -2.24. The average Bonchev–Trinajstić information content (AvgIpc) is 2.62. The highest BCUT2D eigenvalue weighted by Gasteiger charge is 2.24. The van der Waals surface area contributed by atoms with Crippen molar-refractivity contribution in [2.75, 3.05) is 13.1 Å². The van der Waals surface area contributed by atoms with E-state index in [-0.39, 0.29) is 0 Å². The fraction of sp³-hybridized carbons (Fsp3) is 0.538.